The number of carbonyl (C=O) groups excluding carboxylic acids is 1. The van der Waals surface area contributed by atoms with Crippen molar-refractivity contribution in [2.45, 2.75) is 11.8 Å². The topological polar surface area (TPSA) is 217 Å². The highest BCUT2D eigenvalue weighted by Gasteiger charge is 2.15. The van der Waals surface area contributed by atoms with Crippen molar-refractivity contribution in [2.75, 3.05) is 0 Å². The normalized spacial score (nSPS) is 12.0. The number of hydrogen-bond acceptors (Lipinski definition) is 13. The predicted molar refractivity (Wildman–Crippen MR) is 212 cm³/mol. The van der Waals surface area contributed by atoms with Crippen molar-refractivity contribution >= 4 is 80.2 Å². The number of aromatic carboxylic acids is 1. The van der Waals surface area contributed by atoms with Gasteiger partial charge in [-0.15, -0.1) is 0 Å². The fourth-order valence-corrected chi connectivity index (χ4v) is 5.66. The molecule has 0 aliphatic carbocycles. The Balaban J connectivity index is 1.07. The van der Waals surface area contributed by atoms with Crippen LogP contribution in [0.2, 0.25) is 0 Å². The molecular weight excluding hydrogens is 749 g/mol. The summed E-state index contributed by atoms with van der Waals surface area (Å²) in [6, 6.07) is 36.0. The minimum atomic E-state index is -4.61. The minimum absolute atomic E-state index is 0.166. The Labute approximate surface area is 325 Å². The van der Waals surface area contributed by atoms with Crippen molar-refractivity contribution in [3.8, 4) is 5.75 Å². The van der Waals surface area contributed by atoms with Crippen LogP contribution in [0.1, 0.15) is 27.0 Å². The standard InChI is InChI=1S/C41H30N8O7S/c1-27-24-36(20-23-39(27)49-46-35-18-21-38(22-19-35)56-26-50)47-48-37-13-6-29(40(25-37)57(53,54)55)5-2-28-3-9-31(10-4-28)42-44-33-14-16-34(17-15-33)45-43-32-11-7-30(8-12-32)41(51)52/h2-26H,1H3,(H,51,52)(H,53,54,55). The number of azo groups is 4. The second kappa shape index (κ2) is 18.1. The Kier molecular flexibility index (Phi) is 12.4. The quantitative estimate of drug-likeness (QED) is 0.0471. The van der Waals surface area contributed by atoms with E-state index < -0.39 is 16.1 Å². The third-order valence-electron chi connectivity index (χ3n) is 7.90. The zero-order chi connectivity index (χ0) is 40.2. The number of hydrogen-bond donors (Lipinski definition) is 2. The van der Waals surface area contributed by atoms with E-state index in [9.17, 15) is 22.6 Å². The van der Waals surface area contributed by atoms with Crippen LogP contribution in [0.15, 0.2) is 179 Å². The zero-order valence-corrected chi connectivity index (χ0v) is 30.7. The number of carbonyl (C=O) groups is 2. The molecule has 16 heteroatoms. The van der Waals surface area contributed by atoms with Crippen molar-refractivity contribution in [3.05, 3.63) is 156 Å². The molecule has 0 aliphatic rings. The van der Waals surface area contributed by atoms with Gasteiger partial charge in [0.2, 0.25) is 0 Å². The van der Waals surface area contributed by atoms with Gasteiger partial charge in [-0.25, -0.2) is 4.79 Å². The highest BCUT2D eigenvalue weighted by molar-refractivity contribution is 7.86. The molecule has 0 fully saturated rings. The van der Waals surface area contributed by atoms with E-state index in [0.29, 0.717) is 52.0 Å². The summed E-state index contributed by atoms with van der Waals surface area (Å²) < 4.78 is 39.4. The molecule has 0 saturated carbocycles. The maximum atomic E-state index is 12.3. The van der Waals surface area contributed by atoms with Gasteiger partial charge >= 0.3 is 5.97 Å². The largest absolute Gasteiger partial charge is 0.478 e. The lowest BCUT2D eigenvalue weighted by Crippen LogP contribution is -2.00. The summed E-state index contributed by atoms with van der Waals surface area (Å²) in [7, 11) is -4.61. The molecule has 0 aromatic heterocycles. The lowest BCUT2D eigenvalue weighted by molar-refractivity contribution is -0.120. The number of ether oxygens (including phenoxy) is 1. The summed E-state index contributed by atoms with van der Waals surface area (Å²) in [5.74, 6) is -0.623. The molecule has 2 N–H and O–H groups in total. The van der Waals surface area contributed by atoms with Crippen LogP contribution in [0, 0.1) is 6.92 Å². The molecule has 282 valence electrons. The van der Waals surface area contributed by atoms with Gasteiger partial charge in [-0.1, -0.05) is 30.4 Å². The van der Waals surface area contributed by atoms with Crippen LogP contribution < -0.4 is 4.74 Å². The first-order valence-electron chi connectivity index (χ1n) is 16.8. The Morgan fingerprint density at radius 3 is 1.51 bits per heavy atom. The molecule has 0 heterocycles. The summed E-state index contributed by atoms with van der Waals surface area (Å²) in [5.41, 5.74) is 6.05. The van der Waals surface area contributed by atoms with Gasteiger partial charge in [-0.05, 0) is 139 Å². The smallest absolute Gasteiger partial charge is 0.335 e. The summed E-state index contributed by atoms with van der Waals surface area (Å²) in [4.78, 5) is 21.1. The van der Waals surface area contributed by atoms with Crippen molar-refractivity contribution in [1.82, 2.24) is 0 Å². The van der Waals surface area contributed by atoms with Crippen molar-refractivity contribution in [1.29, 1.82) is 0 Å². The minimum Gasteiger partial charge on any atom is -0.478 e. The van der Waals surface area contributed by atoms with Crippen LogP contribution >= 0.6 is 0 Å². The highest BCUT2D eigenvalue weighted by Crippen LogP contribution is 2.30. The van der Waals surface area contributed by atoms with Gasteiger partial charge in [-0.2, -0.15) is 49.3 Å². The highest BCUT2D eigenvalue weighted by atomic mass is 32.2. The fraction of sp³-hybridized carbons (Fsp3) is 0.0244. The third-order valence-corrected chi connectivity index (χ3v) is 8.81. The van der Waals surface area contributed by atoms with Gasteiger partial charge in [0.1, 0.15) is 10.6 Å². The van der Waals surface area contributed by atoms with Gasteiger partial charge in [0.15, 0.2) is 0 Å². The molecule has 0 unspecified atom stereocenters. The van der Waals surface area contributed by atoms with E-state index in [-0.39, 0.29) is 21.7 Å². The number of carboxylic acids is 1. The fourth-order valence-electron chi connectivity index (χ4n) is 4.96. The van der Waals surface area contributed by atoms with Crippen molar-refractivity contribution in [2.24, 2.45) is 40.9 Å². The van der Waals surface area contributed by atoms with Gasteiger partial charge in [0.05, 0.1) is 51.1 Å². The van der Waals surface area contributed by atoms with E-state index in [4.69, 9.17) is 9.84 Å². The second-order valence-corrected chi connectivity index (χ2v) is 13.4. The molecule has 0 saturated heterocycles. The van der Waals surface area contributed by atoms with E-state index in [1.54, 1.807) is 121 Å². The molecule has 0 radical (unpaired) electrons. The van der Waals surface area contributed by atoms with E-state index in [0.717, 1.165) is 11.1 Å². The Morgan fingerprint density at radius 2 is 1.00 bits per heavy atom. The van der Waals surface area contributed by atoms with E-state index in [2.05, 4.69) is 40.9 Å². The van der Waals surface area contributed by atoms with Gasteiger partial charge in [0.25, 0.3) is 16.6 Å². The summed E-state index contributed by atoms with van der Waals surface area (Å²) in [5, 5.41) is 42.6. The lowest BCUT2D eigenvalue weighted by atomic mass is 10.1. The molecule has 0 spiro atoms. The van der Waals surface area contributed by atoms with Crippen LogP contribution in [-0.2, 0) is 14.9 Å². The van der Waals surface area contributed by atoms with Crippen molar-refractivity contribution in [3.63, 3.8) is 0 Å². The Hall–Kier alpha value is -7.69. The molecule has 6 aromatic rings. The third kappa shape index (κ3) is 11.2. The number of nitrogens with zero attached hydrogens (tertiary/aromatic N) is 8. The zero-order valence-electron chi connectivity index (χ0n) is 29.9. The first-order chi connectivity index (χ1) is 27.5. The maximum absolute atomic E-state index is 12.3. The summed E-state index contributed by atoms with van der Waals surface area (Å²) >= 11 is 0. The lowest BCUT2D eigenvalue weighted by Gasteiger charge is -2.05. The van der Waals surface area contributed by atoms with E-state index >= 15 is 0 Å². The Morgan fingerprint density at radius 1 is 0.561 bits per heavy atom. The molecule has 15 nitrogen and oxygen atoms in total. The van der Waals surface area contributed by atoms with E-state index in [1.807, 2.05) is 6.92 Å². The molecule has 0 aliphatic heterocycles. The number of benzene rings is 6. The van der Waals surface area contributed by atoms with Gasteiger partial charge in [0, 0.05) is 0 Å². The Bertz CT molecular complexity index is 2660. The second-order valence-electron chi connectivity index (χ2n) is 12.0. The SMILES string of the molecule is Cc1cc(N=Nc2ccc(C=Cc3ccc(N=Nc4ccc(N=Nc5ccc(C(=O)O)cc5)cc4)cc3)c(S(=O)(=O)O)c2)ccc1N=Nc1ccc(OC=O)cc1. The average molecular weight is 779 g/mol. The molecule has 6 aromatic carbocycles. The predicted octanol–water partition coefficient (Wildman–Crippen LogP) is 12.3. The summed E-state index contributed by atoms with van der Waals surface area (Å²) in [6.07, 6.45) is 3.26. The average Bonchev–Trinajstić information content (AvgIpc) is 3.21. The number of rotatable bonds is 14. The van der Waals surface area contributed by atoms with Crippen LogP contribution in [0.25, 0.3) is 12.2 Å². The van der Waals surface area contributed by atoms with Crippen LogP contribution in [0.4, 0.5) is 45.5 Å². The molecule has 0 amide bonds. The molecule has 6 rings (SSSR count). The molecule has 0 atom stereocenters. The van der Waals surface area contributed by atoms with Gasteiger partial charge < -0.3 is 9.84 Å². The maximum Gasteiger partial charge on any atom is 0.335 e. The van der Waals surface area contributed by atoms with Crippen molar-refractivity contribution < 1.29 is 32.4 Å². The molecule has 0 bridgehead atoms. The molecule has 57 heavy (non-hydrogen) atoms. The monoisotopic (exact) mass is 778 g/mol. The first kappa shape index (κ1) is 39.0. The van der Waals surface area contributed by atoms with Crippen LogP contribution in [0.3, 0.4) is 0 Å². The summed E-state index contributed by atoms with van der Waals surface area (Å²) in [6.45, 7) is 2.17. The van der Waals surface area contributed by atoms with Gasteiger partial charge in [-0.3, -0.25) is 9.35 Å². The van der Waals surface area contributed by atoms with Crippen LogP contribution in [0.5, 0.6) is 5.75 Å². The number of carboxylic acid groups (broad SMARTS) is 1. The molecular formula is C41H30N8O7S. The van der Waals surface area contributed by atoms with Crippen LogP contribution in [-0.4, -0.2) is 30.5 Å². The first-order valence-corrected chi connectivity index (χ1v) is 18.3. The van der Waals surface area contributed by atoms with E-state index in [1.165, 1.54) is 24.3 Å². The number of aryl methyl sites for hydroxylation is 1.